The van der Waals surface area contributed by atoms with Crippen molar-refractivity contribution in [2.24, 2.45) is 0 Å². The maximum atomic E-state index is 11.7. The molecule has 0 unspecified atom stereocenters. The predicted octanol–water partition coefficient (Wildman–Crippen LogP) is 1.40. The molecule has 1 N–H and O–H groups in total. The summed E-state index contributed by atoms with van der Waals surface area (Å²) >= 11 is 0. The third kappa shape index (κ3) is 8.23. The normalized spacial score (nSPS) is 11.5. The van der Waals surface area contributed by atoms with Crippen LogP contribution in [-0.4, -0.2) is 43.7 Å². The molecule has 0 aromatic heterocycles. The van der Waals surface area contributed by atoms with Crippen LogP contribution in [0.1, 0.15) is 19.8 Å². The lowest BCUT2D eigenvalue weighted by Gasteiger charge is -2.14. The lowest BCUT2D eigenvalue weighted by Crippen LogP contribution is -2.35. The number of amides is 1. The van der Waals surface area contributed by atoms with Gasteiger partial charge in [-0.1, -0.05) is 0 Å². The zero-order valence-corrected chi connectivity index (χ0v) is 9.02. The van der Waals surface area contributed by atoms with E-state index in [1.807, 2.05) is 6.92 Å². The predicted molar refractivity (Wildman–Crippen MR) is 51.5 cm³/mol. The third-order valence-electron chi connectivity index (χ3n) is 1.99. The lowest BCUT2D eigenvalue weighted by molar-refractivity contribution is -0.135. The fourth-order valence-electron chi connectivity index (χ4n) is 0.920. The Balaban J connectivity index is 3.43. The molecule has 1 amide bonds. The van der Waals surface area contributed by atoms with Gasteiger partial charge in [-0.25, -0.2) is 0 Å². The first kappa shape index (κ1) is 14.2. The first-order valence-electron chi connectivity index (χ1n) is 4.88. The third-order valence-corrected chi connectivity index (χ3v) is 1.99. The zero-order chi connectivity index (χ0) is 11.9. The molecular weight excluding hydrogens is 209 g/mol. The van der Waals surface area contributed by atoms with E-state index in [-0.39, 0.29) is 25.4 Å². The second kappa shape index (κ2) is 6.66. The summed E-state index contributed by atoms with van der Waals surface area (Å²) in [7, 11) is 1.65. The highest BCUT2D eigenvalue weighted by molar-refractivity contribution is 5.77. The molecule has 0 atom stereocenters. The van der Waals surface area contributed by atoms with Gasteiger partial charge in [0, 0.05) is 20.0 Å². The van der Waals surface area contributed by atoms with Gasteiger partial charge in [0.15, 0.2) is 0 Å². The summed E-state index contributed by atoms with van der Waals surface area (Å²) in [6.45, 7) is 2.75. The lowest BCUT2D eigenvalue weighted by atomic mass is 10.3. The van der Waals surface area contributed by atoms with Crippen LogP contribution in [0.4, 0.5) is 13.2 Å². The molecule has 6 heteroatoms. The Morgan fingerprint density at radius 3 is 2.47 bits per heavy atom. The molecule has 0 radical (unpaired) electrons. The summed E-state index contributed by atoms with van der Waals surface area (Å²) in [4.78, 5) is 12.7. The SMILES string of the molecule is CCN(C)C(=O)CNCCCC(F)(F)F. The van der Waals surface area contributed by atoms with Gasteiger partial charge < -0.3 is 10.2 Å². The minimum Gasteiger partial charge on any atom is -0.345 e. The van der Waals surface area contributed by atoms with Crippen molar-refractivity contribution >= 4 is 5.91 Å². The van der Waals surface area contributed by atoms with Crippen LogP contribution in [0.5, 0.6) is 0 Å². The monoisotopic (exact) mass is 226 g/mol. The quantitative estimate of drug-likeness (QED) is 0.694. The van der Waals surface area contributed by atoms with Gasteiger partial charge in [-0.2, -0.15) is 13.2 Å². The minimum absolute atomic E-state index is 0.00657. The molecule has 0 aliphatic heterocycles. The summed E-state index contributed by atoms with van der Waals surface area (Å²) in [5.41, 5.74) is 0. The highest BCUT2D eigenvalue weighted by Gasteiger charge is 2.25. The van der Waals surface area contributed by atoms with Gasteiger partial charge in [0.25, 0.3) is 0 Å². The molecule has 0 bridgehead atoms. The zero-order valence-electron chi connectivity index (χ0n) is 9.02. The Hall–Kier alpha value is -0.780. The fourth-order valence-corrected chi connectivity index (χ4v) is 0.920. The van der Waals surface area contributed by atoms with Crippen molar-refractivity contribution in [1.82, 2.24) is 10.2 Å². The van der Waals surface area contributed by atoms with Crippen molar-refractivity contribution in [2.45, 2.75) is 25.9 Å². The van der Waals surface area contributed by atoms with Gasteiger partial charge in [-0.05, 0) is 19.9 Å². The number of hydrogen-bond donors (Lipinski definition) is 1. The second-order valence-electron chi connectivity index (χ2n) is 3.30. The average molecular weight is 226 g/mol. The van der Waals surface area contributed by atoms with Crippen molar-refractivity contribution < 1.29 is 18.0 Å². The Labute approximate surface area is 87.6 Å². The molecule has 0 fully saturated rings. The van der Waals surface area contributed by atoms with E-state index in [1.165, 1.54) is 4.90 Å². The van der Waals surface area contributed by atoms with Crippen LogP contribution < -0.4 is 5.32 Å². The van der Waals surface area contributed by atoms with Gasteiger partial charge >= 0.3 is 6.18 Å². The van der Waals surface area contributed by atoms with Crippen molar-refractivity contribution in [1.29, 1.82) is 0 Å². The van der Waals surface area contributed by atoms with Gasteiger partial charge in [0.1, 0.15) is 0 Å². The minimum atomic E-state index is -4.11. The van der Waals surface area contributed by atoms with Crippen molar-refractivity contribution in [3.05, 3.63) is 0 Å². The van der Waals surface area contributed by atoms with E-state index < -0.39 is 12.6 Å². The number of nitrogens with zero attached hydrogens (tertiary/aromatic N) is 1. The summed E-state index contributed by atoms with van der Waals surface area (Å²) in [6.07, 6.45) is -4.91. The first-order valence-corrected chi connectivity index (χ1v) is 4.88. The molecule has 0 aromatic rings. The molecule has 0 rings (SSSR count). The van der Waals surface area contributed by atoms with E-state index in [0.29, 0.717) is 6.54 Å². The average Bonchev–Trinajstić information content (AvgIpc) is 2.14. The van der Waals surface area contributed by atoms with Crippen LogP contribution in [-0.2, 0) is 4.79 Å². The molecule has 0 aromatic carbocycles. The van der Waals surface area contributed by atoms with Crippen LogP contribution in [0.2, 0.25) is 0 Å². The van der Waals surface area contributed by atoms with Crippen molar-refractivity contribution in [2.75, 3.05) is 26.7 Å². The second-order valence-corrected chi connectivity index (χ2v) is 3.30. The van der Waals surface area contributed by atoms with E-state index in [4.69, 9.17) is 0 Å². The molecule has 0 aliphatic carbocycles. The number of alkyl halides is 3. The van der Waals surface area contributed by atoms with Crippen LogP contribution in [0, 0.1) is 0 Å². The molecule has 0 aliphatic rings. The molecule has 0 saturated carbocycles. The fraction of sp³-hybridized carbons (Fsp3) is 0.889. The van der Waals surface area contributed by atoms with Crippen LogP contribution in [0.25, 0.3) is 0 Å². The Morgan fingerprint density at radius 1 is 1.40 bits per heavy atom. The Kier molecular flexibility index (Phi) is 6.31. The van der Waals surface area contributed by atoms with E-state index in [9.17, 15) is 18.0 Å². The van der Waals surface area contributed by atoms with Gasteiger partial charge in [-0.3, -0.25) is 4.79 Å². The largest absolute Gasteiger partial charge is 0.389 e. The number of likely N-dealkylation sites (N-methyl/N-ethyl adjacent to an activating group) is 1. The van der Waals surface area contributed by atoms with Crippen molar-refractivity contribution in [3.8, 4) is 0 Å². The summed E-state index contributed by atoms with van der Waals surface area (Å²) in [6, 6.07) is 0. The van der Waals surface area contributed by atoms with Crippen molar-refractivity contribution in [3.63, 3.8) is 0 Å². The standard InChI is InChI=1S/C9H17F3N2O/c1-3-14(2)8(15)7-13-6-4-5-9(10,11)12/h13H,3-7H2,1-2H3. The smallest absolute Gasteiger partial charge is 0.345 e. The number of rotatable bonds is 6. The van der Waals surface area contributed by atoms with Gasteiger partial charge in [0.2, 0.25) is 5.91 Å². The van der Waals surface area contributed by atoms with E-state index in [2.05, 4.69) is 5.32 Å². The molecule has 90 valence electrons. The number of carbonyl (C=O) groups is 1. The number of nitrogens with one attached hydrogen (secondary N) is 1. The number of halogens is 3. The van der Waals surface area contributed by atoms with Crippen LogP contribution in [0.3, 0.4) is 0 Å². The van der Waals surface area contributed by atoms with Crippen LogP contribution >= 0.6 is 0 Å². The topological polar surface area (TPSA) is 32.3 Å². The Bertz CT molecular complexity index is 194. The van der Waals surface area contributed by atoms with Gasteiger partial charge in [-0.15, -0.1) is 0 Å². The molecule has 0 spiro atoms. The Morgan fingerprint density at radius 2 is 2.00 bits per heavy atom. The van der Waals surface area contributed by atoms with E-state index in [1.54, 1.807) is 7.05 Å². The summed E-state index contributed by atoms with van der Waals surface area (Å²) in [5, 5.41) is 2.68. The highest BCUT2D eigenvalue weighted by Crippen LogP contribution is 2.20. The number of hydrogen-bond acceptors (Lipinski definition) is 2. The molecule has 3 nitrogen and oxygen atoms in total. The van der Waals surface area contributed by atoms with E-state index in [0.717, 1.165) is 0 Å². The summed E-state index contributed by atoms with van der Waals surface area (Å²) in [5.74, 6) is -0.107. The molecule has 0 saturated heterocycles. The van der Waals surface area contributed by atoms with Crippen LogP contribution in [0.15, 0.2) is 0 Å². The van der Waals surface area contributed by atoms with Gasteiger partial charge in [0.05, 0.1) is 6.54 Å². The highest BCUT2D eigenvalue weighted by atomic mass is 19.4. The van der Waals surface area contributed by atoms with E-state index >= 15 is 0 Å². The maximum absolute atomic E-state index is 11.7. The maximum Gasteiger partial charge on any atom is 0.389 e. The molecule has 0 heterocycles. The summed E-state index contributed by atoms with van der Waals surface area (Å²) < 4.78 is 35.2. The molecule has 15 heavy (non-hydrogen) atoms. The first-order chi connectivity index (χ1) is 6.87. The molecular formula is C9H17F3N2O. The number of carbonyl (C=O) groups excluding carboxylic acids is 1.